The minimum Gasteiger partial charge on any atom is -0.326 e. The lowest BCUT2D eigenvalue weighted by molar-refractivity contribution is -0.121. The summed E-state index contributed by atoms with van der Waals surface area (Å²) in [5.74, 6) is 0.0666. The van der Waals surface area contributed by atoms with Crippen LogP contribution in [0.3, 0.4) is 0 Å². The van der Waals surface area contributed by atoms with Crippen LogP contribution in [0.1, 0.15) is 0 Å². The molecule has 1 aliphatic heterocycles. The fourth-order valence-electron chi connectivity index (χ4n) is 1.83. The van der Waals surface area contributed by atoms with Crippen LogP contribution in [0.4, 0.5) is 5.69 Å². The Morgan fingerprint density at radius 2 is 2.00 bits per heavy atom. The van der Waals surface area contributed by atoms with Gasteiger partial charge in [0.05, 0.1) is 17.0 Å². The van der Waals surface area contributed by atoms with Crippen LogP contribution in [0, 0.1) is 5.92 Å². The molecule has 0 radical (unpaired) electrons. The van der Waals surface area contributed by atoms with E-state index in [0.717, 1.165) is 18.6 Å². The van der Waals surface area contributed by atoms with Crippen molar-refractivity contribution in [2.45, 2.75) is 0 Å². The Bertz CT molecular complexity index is 624. The molecule has 6 heteroatoms. The number of nitrogens with one attached hydrogen (secondary N) is 4. The third-order valence-electron chi connectivity index (χ3n) is 2.94. The number of carbonyl (C=O) groups excluding carboxylic acids is 1. The highest BCUT2D eigenvalue weighted by Gasteiger charge is 2.24. The summed E-state index contributed by atoms with van der Waals surface area (Å²) < 4.78 is 0. The van der Waals surface area contributed by atoms with Gasteiger partial charge in [-0.15, -0.1) is 0 Å². The molecule has 17 heavy (non-hydrogen) atoms. The molecule has 0 aliphatic carbocycles. The monoisotopic (exact) mass is 232 g/mol. The second-order valence-corrected chi connectivity index (χ2v) is 4.18. The summed E-state index contributed by atoms with van der Waals surface area (Å²) in [7, 11) is 0. The van der Waals surface area contributed by atoms with Gasteiger partial charge in [0.25, 0.3) is 0 Å². The van der Waals surface area contributed by atoms with Gasteiger partial charge in [-0.05, 0) is 18.2 Å². The molecule has 0 saturated carbocycles. The van der Waals surface area contributed by atoms with E-state index in [1.807, 2.05) is 0 Å². The number of aromatic nitrogens is 2. The van der Waals surface area contributed by atoms with Crippen molar-refractivity contribution in [1.82, 2.24) is 15.3 Å². The van der Waals surface area contributed by atoms with Crippen LogP contribution in [0.2, 0.25) is 0 Å². The number of anilines is 1. The van der Waals surface area contributed by atoms with Crippen molar-refractivity contribution >= 4 is 22.6 Å². The first kappa shape index (κ1) is 10.1. The van der Waals surface area contributed by atoms with Crippen molar-refractivity contribution in [2.75, 3.05) is 18.4 Å². The van der Waals surface area contributed by atoms with Crippen molar-refractivity contribution in [3.63, 3.8) is 0 Å². The van der Waals surface area contributed by atoms with Gasteiger partial charge < -0.3 is 20.6 Å². The predicted molar refractivity (Wildman–Crippen MR) is 63.9 cm³/mol. The van der Waals surface area contributed by atoms with Gasteiger partial charge in [0.2, 0.25) is 5.91 Å². The van der Waals surface area contributed by atoms with Gasteiger partial charge in [0.15, 0.2) is 0 Å². The SMILES string of the molecule is O=C(Nc1ccc2[nH]c(=O)[nH]c2c1)C1CNC1. The molecule has 1 aromatic carbocycles. The normalized spacial score (nSPS) is 15.8. The molecule has 1 saturated heterocycles. The van der Waals surface area contributed by atoms with E-state index in [-0.39, 0.29) is 17.5 Å². The molecule has 0 spiro atoms. The summed E-state index contributed by atoms with van der Waals surface area (Å²) in [6, 6.07) is 5.29. The Morgan fingerprint density at radius 3 is 2.71 bits per heavy atom. The topological polar surface area (TPSA) is 89.8 Å². The van der Waals surface area contributed by atoms with Gasteiger partial charge in [-0.3, -0.25) is 4.79 Å². The van der Waals surface area contributed by atoms with E-state index in [4.69, 9.17) is 0 Å². The lowest BCUT2D eigenvalue weighted by Crippen LogP contribution is -2.48. The van der Waals surface area contributed by atoms with E-state index in [9.17, 15) is 9.59 Å². The van der Waals surface area contributed by atoms with Crippen molar-refractivity contribution in [1.29, 1.82) is 0 Å². The third kappa shape index (κ3) is 1.83. The largest absolute Gasteiger partial charge is 0.326 e. The van der Waals surface area contributed by atoms with Crippen molar-refractivity contribution in [2.24, 2.45) is 5.92 Å². The quantitative estimate of drug-likeness (QED) is 0.588. The standard InChI is InChI=1S/C11H12N4O2/c16-10(6-4-12-5-6)13-7-1-2-8-9(3-7)15-11(17)14-8/h1-3,6,12H,4-5H2,(H,13,16)(H2,14,15,17). The van der Waals surface area contributed by atoms with Crippen LogP contribution < -0.4 is 16.3 Å². The average Bonchev–Trinajstić information content (AvgIpc) is 2.54. The molecule has 6 nitrogen and oxygen atoms in total. The number of fused-ring (bicyclic) bond motifs is 1. The average molecular weight is 232 g/mol. The van der Waals surface area contributed by atoms with Crippen LogP contribution in [0.25, 0.3) is 11.0 Å². The van der Waals surface area contributed by atoms with Crippen molar-refractivity contribution < 1.29 is 4.79 Å². The fraction of sp³-hybridized carbons (Fsp3) is 0.273. The van der Waals surface area contributed by atoms with Gasteiger partial charge in [-0.25, -0.2) is 4.79 Å². The molecular weight excluding hydrogens is 220 g/mol. The molecular formula is C11H12N4O2. The summed E-state index contributed by atoms with van der Waals surface area (Å²) in [6.07, 6.45) is 0. The number of hydrogen-bond acceptors (Lipinski definition) is 3. The molecule has 4 N–H and O–H groups in total. The minimum absolute atomic E-state index is 0.0148. The Labute approximate surface area is 96.4 Å². The fourth-order valence-corrected chi connectivity index (χ4v) is 1.83. The smallest absolute Gasteiger partial charge is 0.323 e. The summed E-state index contributed by atoms with van der Waals surface area (Å²) >= 11 is 0. The van der Waals surface area contributed by atoms with Crippen LogP contribution in [-0.2, 0) is 4.79 Å². The number of rotatable bonds is 2. The first-order chi connectivity index (χ1) is 8.22. The van der Waals surface area contributed by atoms with E-state index in [1.54, 1.807) is 18.2 Å². The van der Waals surface area contributed by atoms with E-state index < -0.39 is 0 Å². The van der Waals surface area contributed by atoms with E-state index >= 15 is 0 Å². The predicted octanol–water partition coefficient (Wildman–Crippen LogP) is 0.0141. The first-order valence-electron chi connectivity index (χ1n) is 5.46. The number of carbonyl (C=O) groups is 1. The molecule has 3 rings (SSSR count). The molecule has 88 valence electrons. The number of aromatic amines is 2. The Hall–Kier alpha value is -2.08. The second-order valence-electron chi connectivity index (χ2n) is 4.18. The molecule has 1 aliphatic rings. The minimum atomic E-state index is -0.244. The molecule has 0 bridgehead atoms. The molecule has 1 fully saturated rings. The van der Waals surface area contributed by atoms with Gasteiger partial charge in [0, 0.05) is 18.8 Å². The zero-order chi connectivity index (χ0) is 11.8. The molecule has 0 atom stereocenters. The lowest BCUT2D eigenvalue weighted by atomic mass is 10.0. The van der Waals surface area contributed by atoms with E-state index in [0.29, 0.717) is 11.2 Å². The number of amides is 1. The third-order valence-corrected chi connectivity index (χ3v) is 2.94. The van der Waals surface area contributed by atoms with Gasteiger partial charge in [-0.1, -0.05) is 0 Å². The van der Waals surface area contributed by atoms with Crippen molar-refractivity contribution in [3.05, 3.63) is 28.7 Å². The number of hydrogen-bond donors (Lipinski definition) is 4. The zero-order valence-corrected chi connectivity index (χ0v) is 9.04. The first-order valence-corrected chi connectivity index (χ1v) is 5.46. The Kier molecular flexibility index (Phi) is 2.22. The van der Waals surface area contributed by atoms with E-state index in [2.05, 4.69) is 20.6 Å². The van der Waals surface area contributed by atoms with Crippen LogP contribution >= 0.6 is 0 Å². The van der Waals surface area contributed by atoms with Crippen molar-refractivity contribution in [3.8, 4) is 0 Å². The maximum atomic E-state index is 11.7. The summed E-state index contributed by atoms with van der Waals surface area (Å²) in [5.41, 5.74) is 1.88. The molecule has 0 unspecified atom stereocenters. The molecule has 2 heterocycles. The lowest BCUT2D eigenvalue weighted by Gasteiger charge is -2.25. The van der Waals surface area contributed by atoms with Gasteiger partial charge in [0.1, 0.15) is 0 Å². The maximum Gasteiger partial charge on any atom is 0.323 e. The van der Waals surface area contributed by atoms with Gasteiger partial charge >= 0.3 is 5.69 Å². The Balaban J connectivity index is 1.84. The van der Waals surface area contributed by atoms with E-state index in [1.165, 1.54) is 0 Å². The molecule has 1 aromatic heterocycles. The number of benzene rings is 1. The Morgan fingerprint density at radius 1 is 1.24 bits per heavy atom. The summed E-state index contributed by atoms with van der Waals surface area (Å²) in [5, 5.41) is 5.88. The maximum absolute atomic E-state index is 11.7. The van der Waals surface area contributed by atoms with Crippen LogP contribution in [-0.4, -0.2) is 29.0 Å². The number of imidazole rings is 1. The van der Waals surface area contributed by atoms with Crippen LogP contribution in [0.5, 0.6) is 0 Å². The number of H-pyrrole nitrogens is 2. The molecule has 1 amide bonds. The second kappa shape index (κ2) is 3.74. The highest BCUT2D eigenvalue weighted by molar-refractivity contribution is 5.95. The van der Waals surface area contributed by atoms with Gasteiger partial charge in [-0.2, -0.15) is 0 Å². The van der Waals surface area contributed by atoms with Crippen LogP contribution in [0.15, 0.2) is 23.0 Å². The zero-order valence-electron chi connectivity index (χ0n) is 9.04. The summed E-state index contributed by atoms with van der Waals surface area (Å²) in [6.45, 7) is 1.46. The summed E-state index contributed by atoms with van der Waals surface area (Å²) in [4.78, 5) is 28.1. The highest BCUT2D eigenvalue weighted by Crippen LogP contribution is 2.16. The highest BCUT2D eigenvalue weighted by atomic mass is 16.2. The molecule has 2 aromatic rings.